The number of hydrogen-bond donors (Lipinski definition) is 0. The summed E-state index contributed by atoms with van der Waals surface area (Å²) >= 11 is 3.53. The van der Waals surface area contributed by atoms with Crippen molar-refractivity contribution in [3.05, 3.63) is 59.8 Å². The van der Waals surface area contributed by atoms with Gasteiger partial charge in [-0.05, 0) is 17.7 Å². The summed E-state index contributed by atoms with van der Waals surface area (Å²) < 4.78 is 7.29. The highest BCUT2D eigenvalue weighted by atomic mass is 79.9. The van der Waals surface area contributed by atoms with Crippen LogP contribution in [0.2, 0.25) is 0 Å². The monoisotopic (exact) mass is 279 g/mol. The maximum absolute atomic E-state index is 5.32. The molecule has 0 aliphatic carbocycles. The lowest BCUT2D eigenvalue weighted by Crippen LogP contribution is -2.28. The number of allylic oxidation sites excluding steroid dienone is 3. The highest BCUT2D eigenvalue weighted by Crippen LogP contribution is 2.23. The third-order valence-electron chi connectivity index (χ3n) is 2.53. The molecule has 1 unspecified atom stereocenters. The van der Waals surface area contributed by atoms with Crippen molar-refractivity contribution in [2.75, 3.05) is 7.11 Å². The van der Waals surface area contributed by atoms with Crippen LogP contribution in [-0.4, -0.2) is 17.3 Å². The van der Waals surface area contributed by atoms with Gasteiger partial charge in [0.15, 0.2) is 6.23 Å². The van der Waals surface area contributed by atoms with Crippen molar-refractivity contribution in [1.29, 1.82) is 0 Å². The largest absolute Gasteiger partial charge is 0.357 e. The van der Waals surface area contributed by atoms with Gasteiger partial charge in [-0.25, -0.2) is 0 Å². The van der Waals surface area contributed by atoms with Gasteiger partial charge in [0.2, 0.25) is 0 Å². The number of ether oxygens (including phenoxy) is 1. The Morgan fingerprint density at radius 2 is 2.06 bits per heavy atom. The number of benzene rings is 1. The Balaban J connectivity index is 2.11. The van der Waals surface area contributed by atoms with Gasteiger partial charge in [-0.15, -0.1) is 0 Å². The molecule has 0 saturated carbocycles. The van der Waals surface area contributed by atoms with Gasteiger partial charge in [-0.1, -0.05) is 36.4 Å². The van der Waals surface area contributed by atoms with Gasteiger partial charge >= 0.3 is 0 Å². The number of methoxy groups -OCH3 is 1. The predicted octanol–water partition coefficient (Wildman–Crippen LogP) is 3.27. The first-order valence-electron chi connectivity index (χ1n) is 5.20. The van der Waals surface area contributed by atoms with Gasteiger partial charge in [0.05, 0.1) is 16.1 Å². The van der Waals surface area contributed by atoms with E-state index in [1.807, 2.05) is 22.1 Å². The fraction of sp³-hybridized carbons (Fsp3) is 0.231. The van der Waals surface area contributed by atoms with E-state index in [0.29, 0.717) is 0 Å². The third-order valence-corrected chi connectivity index (χ3v) is 3.39. The Hall–Kier alpha value is -1.06. The lowest BCUT2D eigenvalue weighted by molar-refractivity contribution is 0.0757. The molecule has 2 rings (SSSR count). The minimum atomic E-state index is -0.0243. The highest BCUT2D eigenvalue weighted by molar-refractivity contribution is 9.07. The number of halogens is 1. The predicted molar refractivity (Wildman–Crippen MR) is 68.9 cm³/mol. The van der Waals surface area contributed by atoms with E-state index in [-0.39, 0.29) is 6.23 Å². The molecule has 2 nitrogen and oxygen atoms in total. The van der Waals surface area contributed by atoms with Crippen LogP contribution in [0.25, 0.3) is 0 Å². The molecule has 1 aromatic rings. The summed E-state index contributed by atoms with van der Waals surface area (Å²) in [5, 5.41) is 0. The fourth-order valence-corrected chi connectivity index (χ4v) is 2.23. The molecule has 1 aliphatic rings. The second-order valence-electron chi connectivity index (χ2n) is 3.64. The summed E-state index contributed by atoms with van der Waals surface area (Å²) in [5.41, 5.74) is 2.49. The van der Waals surface area contributed by atoms with Gasteiger partial charge in [0.1, 0.15) is 0 Å². The summed E-state index contributed by atoms with van der Waals surface area (Å²) in [6.07, 6.45) is 7.00. The summed E-state index contributed by atoms with van der Waals surface area (Å²) in [5.74, 6) is 0. The average Bonchev–Trinajstić information content (AvgIpc) is 2.33. The fourth-order valence-electron chi connectivity index (χ4n) is 1.68. The molecule has 84 valence electrons. The second kappa shape index (κ2) is 5.32. The van der Waals surface area contributed by atoms with Crippen LogP contribution in [-0.2, 0) is 11.2 Å². The SMILES string of the molecule is COC1C=CC=C(Cc2ccccc2)N1Br. The van der Waals surface area contributed by atoms with Gasteiger partial charge in [0, 0.05) is 19.2 Å². The van der Waals surface area contributed by atoms with E-state index >= 15 is 0 Å². The normalized spacial score (nSPS) is 19.8. The van der Waals surface area contributed by atoms with Crippen LogP contribution < -0.4 is 0 Å². The van der Waals surface area contributed by atoms with Gasteiger partial charge in [-0.3, -0.25) is 3.93 Å². The van der Waals surface area contributed by atoms with Crippen molar-refractivity contribution >= 4 is 16.1 Å². The molecule has 1 aromatic carbocycles. The molecule has 1 atom stereocenters. The van der Waals surface area contributed by atoms with Crippen molar-refractivity contribution in [3.63, 3.8) is 0 Å². The quantitative estimate of drug-likeness (QED) is 0.788. The molecule has 16 heavy (non-hydrogen) atoms. The molecular formula is C13H14BrNO. The first-order valence-corrected chi connectivity index (χ1v) is 5.91. The van der Waals surface area contributed by atoms with Gasteiger partial charge in [-0.2, -0.15) is 0 Å². The lowest BCUT2D eigenvalue weighted by atomic mass is 10.1. The molecule has 1 aliphatic heterocycles. The molecule has 0 spiro atoms. The van der Waals surface area contributed by atoms with Gasteiger partial charge in [0.25, 0.3) is 0 Å². The molecule has 0 radical (unpaired) electrons. The maximum Gasteiger partial charge on any atom is 0.158 e. The third kappa shape index (κ3) is 2.54. The average molecular weight is 280 g/mol. The van der Waals surface area contributed by atoms with E-state index < -0.39 is 0 Å². The molecule has 0 aromatic heterocycles. The van der Waals surface area contributed by atoms with E-state index in [2.05, 4.69) is 46.5 Å². The van der Waals surface area contributed by atoms with Gasteiger partial charge < -0.3 is 4.74 Å². The number of nitrogens with zero attached hydrogens (tertiary/aromatic N) is 1. The standard InChI is InChI=1S/C13H14BrNO/c1-16-13-9-5-8-12(15(13)14)10-11-6-3-2-4-7-11/h2-9,13H,10H2,1H3. The van der Waals surface area contributed by atoms with E-state index in [1.54, 1.807) is 7.11 Å². The topological polar surface area (TPSA) is 12.5 Å². The van der Waals surface area contributed by atoms with E-state index in [1.165, 1.54) is 11.3 Å². The molecule has 0 bridgehead atoms. The zero-order valence-corrected chi connectivity index (χ0v) is 10.7. The molecule has 0 N–H and O–H groups in total. The van der Waals surface area contributed by atoms with Crippen LogP contribution in [0.4, 0.5) is 0 Å². The van der Waals surface area contributed by atoms with Crippen LogP contribution in [0.1, 0.15) is 5.56 Å². The molecule has 0 saturated heterocycles. The van der Waals surface area contributed by atoms with E-state index in [4.69, 9.17) is 4.74 Å². The molecule has 0 amide bonds. The molecule has 3 heteroatoms. The van der Waals surface area contributed by atoms with Crippen LogP contribution >= 0.6 is 16.1 Å². The Bertz CT molecular complexity index is 400. The minimum Gasteiger partial charge on any atom is -0.357 e. The summed E-state index contributed by atoms with van der Waals surface area (Å²) in [7, 11) is 1.70. The van der Waals surface area contributed by atoms with Crippen molar-refractivity contribution in [2.45, 2.75) is 12.6 Å². The smallest absolute Gasteiger partial charge is 0.158 e. The van der Waals surface area contributed by atoms with Crippen molar-refractivity contribution in [1.82, 2.24) is 3.93 Å². The summed E-state index contributed by atoms with van der Waals surface area (Å²) in [4.78, 5) is 0. The second-order valence-corrected chi connectivity index (χ2v) is 4.41. The highest BCUT2D eigenvalue weighted by Gasteiger charge is 2.18. The van der Waals surface area contributed by atoms with Crippen LogP contribution in [0.3, 0.4) is 0 Å². The van der Waals surface area contributed by atoms with E-state index in [9.17, 15) is 0 Å². The number of rotatable bonds is 3. The maximum atomic E-state index is 5.32. The summed E-state index contributed by atoms with van der Waals surface area (Å²) in [6.45, 7) is 0. The van der Waals surface area contributed by atoms with E-state index in [0.717, 1.165) is 6.42 Å². The van der Waals surface area contributed by atoms with Crippen LogP contribution in [0.5, 0.6) is 0 Å². The molecular weight excluding hydrogens is 266 g/mol. The Morgan fingerprint density at radius 1 is 1.31 bits per heavy atom. The molecule has 0 fully saturated rings. The zero-order valence-electron chi connectivity index (χ0n) is 9.14. The van der Waals surface area contributed by atoms with Crippen molar-refractivity contribution < 1.29 is 4.74 Å². The first kappa shape index (κ1) is 11.4. The first-order chi connectivity index (χ1) is 7.81. The van der Waals surface area contributed by atoms with Crippen LogP contribution in [0, 0.1) is 0 Å². The Kier molecular flexibility index (Phi) is 3.80. The minimum absolute atomic E-state index is 0.0243. The summed E-state index contributed by atoms with van der Waals surface area (Å²) in [6, 6.07) is 10.4. The number of hydrogen-bond acceptors (Lipinski definition) is 2. The zero-order chi connectivity index (χ0) is 11.4. The lowest BCUT2D eigenvalue weighted by Gasteiger charge is -2.28. The molecule has 1 heterocycles. The Labute approximate surface area is 105 Å². The Morgan fingerprint density at radius 3 is 2.75 bits per heavy atom. The van der Waals surface area contributed by atoms with Crippen molar-refractivity contribution in [3.8, 4) is 0 Å². The van der Waals surface area contributed by atoms with Crippen LogP contribution in [0.15, 0.2) is 54.3 Å². The van der Waals surface area contributed by atoms with Crippen molar-refractivity contribution in [2.24, 2.45) is 0 Å².